The lowest BCUT2D eigenvalue weighted by atomic mass is 10.2. The maximum Gasteiger partial charge on any atom is 0.322 e. The molecule has 11 heteroatoms. The van der Waals surface area contributed by atoms with E-state index in [1.807, 2.05) is 27.7 Å². The van der Waals surface area contributed by atoms with Crippen molar-refractivity contribution in [3.63, 3.8) is 0 Å². The van der Waals surface area contributed by atoms with E-state index in [1.165, 1.54) is 12.1 Å². The third-order valence-corrected chi connectivity index (χ3v) is 6.16. The van der Waals surface area contributed by atoms with Gasteiger partial charge in [0.2, 0.25) is 17.5 Å². The van der Waals surface area contributed by atoms with E-state index in [4.69, 9.17) is 18.6 Å². The van der Waals surface area contributed by atoms with E-state index in [-0.39, 0.29) is 16.8 Å². The molecule has 0 unspecified atom stereocenters. The molecule has 3 rings (SSSR count). The number of sulfone groups is 1. The highest BCUT2D eigenvalue weighted by Gasteiger charge is 2.22. The molecule has 10 nitrogen and oxygen atoms in total. The first-order valence-electron chi connectivity index (χ1n) is 10.8. The van der Waals surface area contributed by atoms with Crippen LogP contribution in [0.25, 0.3) is 11.5 Å². The molecule has 0 saturated heterocycles. The third-order valence-electron chi connectivity index (χ3n) is 4.53. The van der Waals surface area contributed by atoms with E-state index in [0.29, 0.717) is 42.6 Å². The van der Waals surface area contributed by atoms with Gasteiger partial charge in [-0.15, -0.1) is 5.10 Å². The van der Waals surface area contributed by atoms with E-state index >= 15 is 0 Å². The van der Waals surface area contributed by atoms with Crippen LogP contribution in [0.1, 0.15) is 26.3 Å². The fourth-order valence-corrected chi connectivity index (χ4v) is 4.19. The summed E-state index contributed by atoms with van der Waals surface area (Å²) in [4.78, 5) is 12.4. The third kappa shape index (κ3) is 6.04. The average molecular weight is 490 g/mol. The predicted molar refractivity (Wildman–Crippen MR) is 125 cm³/mol. The molecule has 34 heavy (non-hydrogen) atoms. The fourth-order valence-electron chi connectivity index (χ4n) is 3.06. The Morgan fingerprint density at radius 3 is 2.09 bits per heavy atom. The first kappa shape index (κ1) is 25.0. The minimum atomic E-state index is -3.82. The van der Waals surface area contributed by atoms with Gasteiger partial charge in [0.15, 0.2) is 21.3 Å². The zero-order valence-electron chi connectivity index (χ0n) is 19.5. The van der Waals surface area contributed by atoms with Crippen LogP contribution in [-0.4, -0.2) is 50.1 Å². The van der Waals surface area contributed by atoms with Gasteiger partial charge in [-0.05, 0) is 52.0 Å². The Balaban J connectivity index is 1.80. The number of hydrogen-bond acceptors (Lipinski definition) is 9. The summed E-state index contributed by atoms with van der Waals surface area (Å²) in [6, 6.07) is 9.35. The second-order valence-corrected chi connectivity index (χ2v) is 9.12. The van der Waals surface area contributed by atoms with Crippen LogP contribution in [0.3, 0.4) is 0 Å². The maximum atomic E-state index is 12.5. The SMILES string of the molecule is CCOc1cc(-c2nnc(NC(=O)CS(=O)(=O)c3ccc(C)cc3)o2)cc(OCC)c1OCC. The van der Waals surface area contributed by atoms with Gasteiger partial charge < -0.3 is 18.6 Å². The summed E-state index contributed by atoms with van der Waals surface area (Å²) in [7, 11) is -3.82. The molecule has 0 aliphatic carbocycles. The molecular weight excluding hydrogens is 462 g/mol. The van der Waals surface area contributed by atoms with E-state index in [2.05, 4.69) is 15.5 Å². The van der Waals surface area contributed by atoms with Crippen LogP contribution in [0.5, 0.6) is 17.2 Å². The highest BCUT2D eigenvalue weighted by Crippen LogP contribution is 2.41. The van der Waals surface area contributed by atoms with Gasteiger partial charge in [-0.25, -0.2) is 8.42 Å². The minimum absolute atomic E-state index is 0.0563. The normalized spacial score (nSPS) is 11.2. The standard InChI is InChI=1S/C23H27N3O7S/c1-5-30-18-12-16(13-19(31-6-2)21(18)32-7-3)22-25-26-23(33-22)24-20(27)14-34(28,29)17-10-8-15(4)9-11-17/h8-13H,5-7,14H2,1-4H3,(H,24,26,27). The lowest BCUT2D eigenvalue weighted by molar-refractivity contribution is -0.114. The minimum Gasteiger partial charge on any atom is -0.490 e. The Morgan fingerprint density at radius 2 is 1.53 bits per heavy atom. The van der Waals surface area contributed by atoms with Crippen LogP contribution in [-0.2, 0) is 14.6 Å². The Morgan fingerprint density at radius 1 is 0.941 bits per heavy atom. The largest absolute Gasteiger partial charge is 0.490 e. The highest BCUT2D eigenvalue weighted by molar-refractivity contribution is 7.92. The molecule has 0 atom stereocenters. The van der Waals surface area contributed by atoms with Crippen LogP contribution in [0.15, 0.2) is 45.7 Å². The average Bonchev–Trinajstić information content (AvgIpc) is 3.24. The molecule has 1 aromatic heterocycles. The number of carbonyl (C=O) groups is 1. The van der Waals surface area contributed by atoms with Crippen molar-refractivity contribution >= 4 is 21.8 Å². The zero-order chi connectivity index (χ0) is 24.7. The lowest BCUT2D eigenvalue weighted by Gasteiger charge is -2.16. The molecule has 0 aliphatic heterocycles. The molecule has 0 saturated carbocycles. The number of rotatable bonds is 11. The molecule has 182 valence electrons. The van der Waals surface area contributed by atoms with Crippen molar-refractivity contribution in [2.75, 3.05) is 30.9 Å². The number of ether oxygens (including phenoxy) is 3. The molecule has 0 radical (unpaired) electrons. The summed E-state index contributed by atoms with van der Waals surface area (Å²) < 4.78 is 47.6. The molecule has 0 fully saturated rings. The van der Waals surface area contributed by atoms with Gasteiger partial charge in [-0.3, -0.25) is 10.1 Å². The van der Waals surface area contributed by atoms with Crippen molar-refractivity contribution in [2.24, 2.45) is 0 Å². The number of anilines is 1. The molecule has 1 N–H and O–H groups in total. The van der Waals surface area contributed by atoms with E-state index in [0.717, 1.165) is 5.56 Å². The van der Waals surface area contributed by atoms with Gasteiger partial charge in [0, 0.05) is 5.56 Å². The zero-order valence-corrected chi connectivity index (χ0v) is 20.3. The van der Waals surface area contributed by atoms with Crippen LogP contribution >= 0.6 is 0 Å². The number of benzene rings is 2. The van der Waals surface area contributed by atoms with Gasteiger partial charge in [0.1, 0.15) is 5.75 Å². The summed E-state index contributed by atoms with van der Waals surface area (Å²) in [6.07, 6.45) is 0. The van der Waals surface area contributed by atoms with Gasteiger partial charge in [0.05, 0.1) is 24.7 Å². The fraction of sp³-hybridized carbons (Fsp3) is 0.348. The number of aryl methyl sites for hydroxylation is 1. The first-order chi connectivity index (χ1) is 16.3. The molecule has 0 spiro atoms. The summed E-state index contributed by atoms with van der Waals surface area (Å²) in [6.45, 7) is 8.59. The van der Waals surface area contributed by atoms with E-state index in [9.17, 15) is 13.2 Å². The van der Waals surface area contributed by atoms with Crippen molar-refractivity contribution in [1.82, 2.24) is 10.2 Å². The molecular formula is C23H27N3O7S. The summed E-state index contributed by atoms with van der Waals surface area (Å²) in [5.74, 6) is -0.130. The van der Waals surface area contributed by atoms with E-state index < -0.39 is 21.5 Å². The van der Waals surface area contributed by atoms with Gasteiger partial charge in [0.25, 0.3) is 0 Å². The monoisotopic (exact) mass is 489 g/mol. The molecule has 1 amide bonds. The molecule has 1 heterocycles. The van der Waals surface area contributed by atoms with Crippen LogP contribution in [0.2, 0.25) is 0 Å². The Kier molecular flexibility index (Phi) is 8.11. The maximum absolute atomic E-state index is 12.5. The van der Waals surface area contributed by atoms with Crippen LogP contribution in [0, 0.1) is 6.92 Å². The van der Waals surface area contributed by atoms with Crippen LogP contribution < -0.4 is 19.5 Å². The number of hydrogen-bond donors (Lipinski definition) is 1. The van der Waals surface area contributed by atoms with Crippen LogP contribution in [0.4, 0.5) is 6.01 Å². The topological polar surface area (TPSA) is 130 Å². The smallest absolute Gasteiger partial charge is 0.322 e. The molecule has 2 aromatic carbocycles. The summed E-state index contributed by atoms with van der Waals surface area (Å²) in [5, 5.41) is 10.1. The molecule has 0 bridgehead atoms. The van der Waals surface area contributed by atoms with Crippen molar-refractivity contribution in [2.45, 2.75) is 32.6 Å². The molecule has 0 aliphatic rings. The number of carbonyl (C=O) groups excluding carboxylic acids is 1. The highest BCUT2D eigenvalue weighted by atomic mass is 32.2. The first-order valence-corrected chi connectivity index (χ1v) is 12.4. The Bertz CT molecular complexity index is 1210. The number of nitrogens with zero attached hydrogens (tertiary/aromatic N) is 2. The quantitative estimate of drug-likeness (QED) is 0.429. The van der Waals surface area contributed by atoms with Crippen molar-refractivity contribution in [3.8, 4) is 28.7 Å². The molecule has 3 aromatic rings. The lowest BCUT2D eigenvalue weighted by Crippen LogP contribution is -2.23. The predicted octanol–water partition coefficient (Wildman–Crippen LogP) is 3.65. The second-order valence-electron chi connectivity index (χ2n) is 7.13. The summed E-state index contributed by atoms with van der Waals surface area (Å²) >= 11 is 0. The number of amides is 1. The number of aromatic nitrogens is 2. The van der Waals surface area contributed by atoms with E-state index in [1.54, 1.807) is 24.3 Å². The van der Waals surface area contributed by atoms with Gasteiger partial charge in [-0.2, -0.15) is 0 Å². The Hall–Kier alpha value is -3.60. The van der Waals surface area contributed by atoms with Gasteiger partial charge >= 0.3 is 6.01 Å². The number of nitrogens with one attached hydrogen (secondary N) is 1. The summed E-state index contributed by atoms with van der Waals surface area (Å²) in [5.41, 5.74) is 1.40. The van der Waals surface area contributed by atoms with Crippen molar-refractivity contribution < 1.29 is 31.8 Å². The Labute approximate surface area is 198 Å². The van der Waals surface area contributed by atoms with Gasteiger partial charge in [-0.1, -0.05) is 22.8 Å². The van der Waals surface area contributed by atoms with Crippen molar-refractivity contribution in [3.05, 3.63) is 42.0 Å². The second kappa shape index (κ2) is 11.0. The van der Waals surface area contributed by atoms with Crippen molar-refractivity contribution in [1.29, 1.82) is 0 Å².